The van der Waals surface area contributed by atoms with E-state index in [1.54, 1.807) is 38.1 Å². The lowest BCUT2D eigenvalue weighted by molar-refractivity contribution is 0.0387. The van der Waals surface area contributed by atoms with Crippen molar-refractivity contribution in [3.8, 4) is 12.1 Å². The highest BCUT2D eigenvalue weighted by Crippen LogP contribution is 2.31. The third kappa shape index (κ3) is 6.04. The van der Waals surface area contributed by atoms with Gasteiger partial charge in [0.1, 0.15) is 23.3 Å². The van der Waals surface area contributed by atoms with Crippen molar-refractivity contribution in [2.45, 2.75) is 51.0 Å². The lowest BCUT2D eigenvalue weighted by Gasteiger charge is -2.26. The summed E-state index contributed by atoms with van der Waals surface area (Å²) >= 11 is 12.2. The number of hydrogen-bond acceptors (Lipinski definition) is 8. The van der Waals surface area contributed by atoms with E-state index in [1.807, 2.05) is 26.0 Å². The number of hydrogen-bond donors (Lipinski definition) is 4. The molecule has 2 aromatic rings. The molecule has 2 fully saturated rings. The van der Waals surface area contributed by atoms with Gasteiger partial charge in [-0.05, 0) is 63.1 Å². The van der Waals surface area contributed by atoms with Crippen LogP contribution in [0.3, 0.4) is 0 Å². The number of benzene rings is 2. The van der Waals surface area contributed by atoms with Gasteiger partial charge in [-0.1, -0.05) is 23.2 Å². The van der Waals surface area contributed by atoms with Gasteiger partial charge in [0.05, 0.1) is 59.7 Å². The molecule has 2 aliphatic heterocycles. The monoisotopic (exact) mass is 532 g/mol. The van der Waals surface area contributed by atoms with Crippen molar-refractivity contribution in [3.05, 3.63) is 56.6 Å². The molecule has 8 nitrogen and oxygen atoms in total. The quantitative estimate of drug-likeness (QED) is 0.461. The van der Waals surface area contributed by atoms with Crippen LogP contribution in [0.4, 0.5) is 11.4 Å². The Labute approximate surface area is 221 Å². The molecule has 0 unspecified atom stereocenters. The van der Waals surface area contributed by atoms with E-state index in [4.69, 9.17) is 43.2 Å². The Bertz CT molecular complexity index is 1110. The second kappa shape index (κ2) is 11.2. The average molecular weight is 533 g/mol. The van der Waals surface area contributed by atoms with E-state index in [2.05, 4.69) is 10.6 Å². The van der Waals surface area contributed by atoms with Crippen molar-refractivity contribution in [3.63, 3.8) is 0 Å². The van der Waals surface area contributed by atoms with Crippen molar-refractivity contribution < 1.29 is 19.7 Å². The van der Waals surface area contributed by atoms with Crippen LogP contribution in [0.25, 0.3) is 0 Å². The molecule has 2 aromatic carbocycles. The van der Waals surface area contributed by atoms with E-state index in [0.717, 1.165) is 22.5 Å². The topological polar surface area (TPSA) is 131 Å². The Morgan fingerprint density at radius 3 is 1.44 bits per heavy atom. The highest BCUT2D eigenvalue weighted by molar-refractivity contribution is 6.33. The minimum atomic E-state index is -0.896. The first kappa shape index (κ1) is 28.0. The molecule has 0 bridgehead atoms. The Morgan fingerprint density at radius 2 is 1.17 bits per heavy atom. The molecule has 4 N–H and O–H groups in total. The Morgan fingerprint density at radius 1 is 0.806 bits per heavy atom. The molecule has 10 heteroatoms. The maximum absolute atomic E-state index is 10.1. The van der Waals surface area contributed by atoms with Crippen molar-refractivity contribution in [2.24, 2.45) is 0 Å². The first-order valence-electron chi connectivity index (χ1n) is 11.4. The molecule has 2 heterocycles. The number of anilines is 2. The second-order valence-corrected chi connectivity index (χ2v) is 10.3. The maximum Gasteiger partial charge on any atom is 0.107 e. The van der Waals surface area contributed by atoms with Crippen LogP contribution >= 0.6 is 23.2 Å². The Balaban J connectivity index is 0.000000201. The van der Waals surface area contributed by atoms with Crippen LogP contribution in [0.15, 0.2) is 24.3 Å². The van der Waals surface area contributed by atoms with Gasteiger partial charge < -0.3 is 30.3 Å². The van der Waals surface area contributed by atoms with Crippen LogP contribution < -0.4 is 10.6 Å². The van der Waals surface area contributed by atoms with Crippen molar-refractivity contribution in [1.82, 2.24) is 0 Å². The van der Waals surface area contributed by atoms with Gasteiger partial charge in [0, 0.05) is 11.4 Å². The van der Waals surface area contributed by atoms with Crippen molar-refractivity contribution >= 4 is 34.6 Å². The van der Waals surface area contributed by atoms with E-state index in [1.165, 1.54) is 0 Å². The third-order valence-corrected chi connectivity index (χ3v) is 7.51. The highest BCUT2D eigenvalue weighted by atomic mass is 35.5. The number of nitrogens with one attached hydrogen (secondary N) is 2. The molecule has 192 valence electrons. The molecule has 4 rings (SSSR count). The zero-order chi connectivity index (χ0) is 26.7. The lowest BCUT2D eigenvalue weighted by atomic mass is 9.99. The van der Waals surface area contributed by atoms with Gasteiger partial charge in [0.2, 0.25) is 0 Å². The smallest absolute Gasteiger partial charge is 0.107 e. The molecule has 0 aliphatic carbocycles. The van der Waals surface area contributed by atoms with Crippen molar-refractivity contribution in [1.29, 1.82) is 10.5 Å². The van der Waals surface area contributed by atoms with Gasteiger partial charge >= 0.3 is 0 Å². The molecule has 0 spiro atoms. The molecule has 36 heavy (non-hydrogen) atoms. The molecule has 0 saturated carbocycles. The molecule has 2 saturated heterocycles. The second-order valence-electron chi connectivity index (χ2n) is 9.56. The number of halogens is 2. The first-order chi connectivity index (χ1) is 16.9. The SMILES string of the molecule is Cc1c(N[C@H]2COC[C@@]2(C)O)ccc(C#N)c1Cl.Cc1c(N[C@H]2COC[C@]2(C)O)ccc(C#N)c1Cl. The Hall–Kier alpha value is -2.56. The normalized spacial score (nSPS) is 26.9. The van der Waals surface area contributed by atoms with E-state index >= 15 is 0 Å². The van der Waals surface area contributed by atoms with Crippen LogP contribution in [-0.4, -0.2) is 59.9 Å². The summed E-state index contributed by atoms with van der Waals surface area (Å²) in [6.45, 7) is 8.68. The fourth-order valence-electron chi connectivity index (χ4n) is 3.95. The van der Waals surface area contributed by atoms with Gasteiger partial charge in [0.15, 0.2) is 0 Å². The minimum absolute atomic E-state index is 0.180. The first-order valence-corrected chi connectivity index (χ1v) is 12.2. The number of nitriles is 2. The summed E-state index contributed by atoms with van der Waals surface area (Å²) in [6.07, 6.45) is 0. The van der Waals surface area contributed by atoms with Gasteiger partial charge in [-0.3, -0.25) is 0 Å². The van der Waals surface area contributed by atoms with E-state index in [0.29, 0.717) is 47.6 Å². The third-order valence-electron chi connectivity index (χ3n) is 6.53. The molecule has 4 atom stereocenters. The maximum atomic E-state index is 10.1. The molecular weight excluding hydrogens is 503 g/mol. The van der Waals surface area contributed by atoms with Crippen LogP contribution in [-0.2, 0) is 9.47 Å². The van der Waals surface area contributed by atoms with Crippen LogP contribution in [0, 0.1) is 36.5 Å². The van der Waals surface area contributed by atoms with E-state index in [9.17, 15) is 10.2 Å². The van der Waals surface area contributed by atoms with E-state index < -0.39 is 11.2 Å². The summed E-state index contributed by atoms with van der Waals surface area (Å²) in [5.41, 5.74) is 2.35. The van der Waals surface area contributed by atoms with Crippen LogP contribution in [0.2, 0.25) is 10.0 Å². The Kier molecular flexibility index (Phi) is 8.74. The molecular formula is C26H30Cl2N4O4. The number of rotatable bonds is 4. The molecule has 0 amide bonds. The van der Waals surface area contributed by atoms with Crippen molar-refractivity contribution in [2.75, 3.05) is 37.1 Å². The number of ether oxygens (including phenoxy) is 2. The van der Waals surface area contributed by atoms with Crippen LogP contribution in [0.1, 0.15) is 36.1 Å². The fourth-order valence-corrected chi connectivity index (χ4v) is 4.37. The van der Waals surface area contributed by atoms with Gasteiger partial charge in [-0.2, -0.15) is 10.5 Å². The summed E-state index contributed by atoms with van der Waals surface area (Å²) in [5.74, 6) is 0. The lowest BCUT2D eigenvalue weighted by Crippen LogP contribution is -2.43. The summed E-state index contributed by atoms with van der Waals surface area (Å²) in [5, 5.41) is 45.3. The summed E-state index contributed by atoms with van der Waals surface area (Å²) in [7, 11) is 0. The molecule has 0 radical (unpaired) electrons. The number of nitrogens with zero attached hydrogens (tertiary/aromatic N) is 2. The van der Waals surface area contributed by atoms with Gasteiger partial charge in [0.25, 0.3) is 0 Å². The standard InChI is InChI=1S/2C13H15ClN2O2/c2*1-8-10(4-3-9(5-15)12(8)14)16-11-6-18-7-13(11,2)17/h2*3-4,11,16-17H,6-7H2,1-2H3/t11-,13+;11-,13-/m00/s1. The number of aliphatic hydroxyl groups is 2. The fraction of sp³-hybridized carbons (Fsp3) is 0.462. The summed E-state index contributed by atoms with van der Waals surface area (Å²) < 4.78 is 10.5. The largest absolute Gasteiger partial charge is 0.386 e. The summed E-state index contributed by atoms with van der Waals surface area (Å²) in [4.78, 5) is 0. The minimum Gasteiger partial charge on any atom is -0.386 e. The molecule has 0 aromatic heterocycles. The molecule has 2 aliphatic rings. The predicted molar refractivity (Wildman–Crippen MR) is 140 cm³/mol. The zero-order valence-corrected chi connectivity index (χ0v) is 22.2. The highest BCUT2D eigenvalue weighted by Gasteiger charge is 2.39. The van der Waals surface area contributed by atoms with Gasteiger partial charge in [-0.25, -0.2) is 0 Å². The zero-order valence-electron chi connectivity index (χ0n) is 20.7. The predicted octanol–water partition coefficient (Wildman–Crippen LogP) is 4.16. The van der Waals surface area contributed by atoms with Gasteiger partial charge in [-0.15, -0.1) is 0 Å². The van der Waals surface area contributed by atoms with E-state index in [-0.39, 0.29) is 12.1 Å². The van der Waals surface area contributed by atoms with Crippen LogP contribution in [0.5, 0.6) is 0 Å². The summed E-state index contributed by atoms with van der Waals surface area (Å²) in [6, 6.07) is 10.7. The average Bonchev–Trinajstić information content (AvgIpc) is 3.34.